The van der Waals surface area contributed by atoms with E-state index in [0.29, 0.717) is 16.9 Å². The Labute approximate surface area is 120 Å². The van der Waals surface area contributed by atoms with Gasteiger partial charge in [-0.2, -0.15) is 5.26 Å². The summed E-state index contributed by atoms with van der Waals surface area (Å²) in [5.74, 6) is -1.15. The number of nitriles is 1. The molecule has 5 nitrogen and oxygen atoms in total. The van der Waals surface area contributed by atoms with Gasteiger partial charge in [0.15, 0.2) is 0 Å². The minimum Gasteiger partial charge on any atom is -0.465 e. The average Bonchev–Trinajstić information content (AvgIpc) is 2.49. The van der Waals surface area contributed by atoms with Gasteiger partial charge in [0.05, 0.1) is 29.7 Å². The van der Waals surface area contributed by atoms with Crippen LogP contribution in [-0.4, -0.2) is 13.1 Å². The summed E-state index contributed by atoms with van der Waals surface area (Å²) in [4.78, 5) is 11.5. The molecule has 2 rings (SSSR count). The number of methoxy groups -OCH3 is 1. The lowest BCUT2D eigenvalue weighted by atomic mass is 10.1. The molecule has 2 aromatic carbocycles. The molecule has 0 aliphatic carbocycles. The number of nitrogens with one attached hydrogen (secondary N) is 1. The Morgan fingerprint density at radius 1 is 1.33 bits per heavy atom. The summed E-state index contributed by atoms with van der Waals surface area (Å²) in [6.45, 7) is 0. The van der Waals surface area contributed by atoms with Crippen LogP contribution in [0.2, 0.25) is 0 Å². The minimum atomic E-state index is -0.634. The van der Waals surface area contributed by atoms with Crippen LogP contribution in [0.4, 0.5) is 21.5 Å². The zero-order chi connectivity index (χ0) is 15.4. The first-order valence-corrected chi connectivity index (χ1v) is 6.00. The molecule has 0 aliphatic heterocycles. The van der Waals surface area contributed by atoms with Crippen LogP contribution in [0.3, 0.4) is 0 Å². The zero-order valence-corrected chi connectivity index (χ0v) is 11.2. The van der Waals surface area contributed by atoms with Crippen molar-refractivity contribution in [1.29, 1.82) is 5.26 Å². The number of hydrogen-bond acceptors (Lipinski definition) is 5. The Morgan fingerprint density at radius 2 is 2.10 bits per heavy atom. The quantitative estimate of drug-likeness (QED) is 0.668. The lowest BCUT2D eigenvalue weighted by molar-refractivity contribution is 0.0601. The van der Waals surface area contributed by atoms with E-state index in [1.165, 1.54) is 37.4 Å². The summed E-state index contributed by atoms with van der Waals surface area (Å²) >= 11 is 0. The molecule has 2 aromatic rings. The van der Waals surface area contributed by atoms with Gasteiger partial charge in [0.2, 0.25) is 0 Å². The van der Waals surface area contributed by atoms with Crippen molar-refractivity contribution in [2.45, 2.75) is 0 Å². The zero-order valence-electron chi connectivity index (χ0n) is 11.2. The number of benzene rings is 2. The standard InChI is InChI=1S/C15H12FN3O2/c1-21-15(20)9-5-6-12(18)14(7-9)19-13-4-2-3-11(16)10(13)8-17/h2-7,19H,18H2,1H3. The highest BCUT2D eigenvalue weighted by molar-refractivity contribution is 5.92. The lowest BCUT2D eigenvalue weighted by Gasteiger charge is -2.12. The Hall–Kier alpha value is -3.07. The molecule has 3 N–H and O–H groups in total. The van der Waals surface area contributed by atoms with Crippen molar-refractivity contribution in [2.24, 2.45) is 0 Å². The van der Waals surface area contributed by atoms with E-state index in [4.69, 9.17) is 11.0 Å². The smallest absolute Gasteiger partial charge is 0.337 e. The predicted molar refractivity (Wildman–Crippen MR) is 76.6 cm³/mol. The third-order valence-electron chi connectivity index (χ3n) is 2.87. The van der Waals surface area contributed by atoms with E-state index >= 15 is 0 Å². The number of esters is 1. The number of hydrogen-bond donors (Lipinski definition) is 2. The highest BCUT2D eigenvalue weighted by Crippen LogP contribution is 2.27. The number of nitrogens with zero attached hydrogens (tertiary/aromatic N) is 1. The summed E-state index contributed by atoms with van der Waals surface area (Å²) in [7, 11) is 1.27. The maximum Gasteiger partial charge on any atom is 0.337 e. The van der Waals surface area contributed by atoms with E-state index in [9.17, 15) is 9.18 Å². The van der Waals surface area contributed by atoms with E-state index in [0.717, 1.165) is 0 Å². The highest BCUT2D eigenvalue weighted by atomic mass is 19.1. The first-order chi connectivity index (χ1) is 10.1. The number of nitrogens with two attached hydrogens (primary N) is 1. The third kappa shape index (κ3) is 2.92. The first kappa shape index (κ1) is 14.3. The van der Waals surface area contributed by atoms with Gasteiger partial charge in [-0.3, -0.25) is 0 Å². The van der Waals surface area contributed by atoms with Gasteiger partial charge >= 0.3 is 5.97 Å². The van der Waals surface area contributed by atoms with Gasteiger partial charge in [0.25, 0.3) is 0 Å². The molecule has 0 atom stereocenters. The van der Waals surface area contributed by atoms with Crippen molar-refractivity contribution in [3.8, 4) is 6.07 Å². The number of carbonyl (C=O) groups is 1. The second kappa shape index (κ2) is 5.92. The maximum atomic E-state index is 13.5. The van der Waals surface area contributed by atoms with Crippen LogP contribution in [-0.2, 0) is 4.74 Å². The number of ether oxygens (including phenoxy) is 1. The summed E-state index contributed by atoms with van der Waals surface area (Å²) < 4.78 is 18.2. The van der Waals surface area contributed by atoms with Crippen LogP contribution < -0.4 is 11.1 Å². The molecule has 0 aliphatic rings. The fourth-order valence-corrected chi connectivity index (χ4v) is 1.80. The van der Waals surface area contributed by atoms with Crippen molar-refractivity contribution < 1.29 is 13.9 Å². The Balaban J connectivity index is 2.43. The van der Waals surface area contributed by atoms with Crippen LogP contribution >= 0.6 is 0 Å². The Morgan fingerprint density at radius 3 is 2.76 bits per heavy atom. The number of nitrogen functional groups attached to an aromatic ring is 1. The van der Waals surface area contributed by atoms with Gasteiger partial charge in [0, 0.05) is 0 Å². The van der Waals surface area contributed by atoms with E-state index in [1.54, 1.807) is 12.1 Å². The number of rotatable bonds is 3. The minimum absolute atomic E-state index is 0.125. The fraction of sp³-hybridized carbons (Fsp3) is 0.0667. The summed E-state index contributed by atoms with van der Waals surface area (Å²) in [6, 6.07) is 10.5. The van der Waals surface area contributed by atoms with E-state index < -0.39 is 11.8 Å². The third-order valence-corrected chi connectivity index (χ3v) is 2.87. The molecule has 0 amide bonds. The second-order valence-electron chi connectivity index (χ2n) is 4.19. The molecule has 0 fully saturated rings. The number of halogens is 1. The molecule has 0 bridgehead atoms. The van der Waals surface area contributed by atoms with Gasteiger partial charge in [-0.05, 0) is 30.3 Å². The average molecular weight is 285 g/mol. The molecular formula is C15H12FN3O2. The highest BCUT2D eigenvalue weighted by Gasteiger charge is 2.12. The van der Waals surface area contributed by atoms with Gasteiger partial charge < -0.3 is 15.8 Å². The second-order valence-corrected chi connectivity index (χ2v) is 4.19. The van der Waals surface area contributed by atoms with Crippen molar-refractivity contribution in [3.63, 3.8) is 0 Å². The summed E-state index contributed by atoms with van der Waals surface area (Å²) in [5.41, 5.74) is 7.00. The lowest BCUT2D eigenvalue weighted by Crippen LogP contribution is -2.04. The van der Waals surface area contributed by atoms with Crippen LogP contribution in [0.1, 0.15) is 15.9 Å². The molecule has 0 spiro atoms. The van der Waals surface area contributed by atoms with Gasteiger partial charge in [-0.15, -0.1) is 0 Å². The molecule has 0 saturated heterocycles. The van der Waals surface area contributed by atoms with Gasteiger partial charge in [-0.25, -0.2) is 9.18 Å². The van der Waals surface area contributed by atoms with E-state index in [2.05, 4.69) is 10.1 Å². The van der Waals surface area contributed by atoms with Crippen LogP contribution in [0, 0.1) is 17.1 Å². The first-order valence-electron chi connectivity index (χ1n) is 6.00. The van der Waals surface area contributed by atoms with Crippen molar-refractivity contribution in [2.75, 3.05) is 18.2 Å². The van der Waals surface area contributed by atoms with E-state index in [1.807, 2.05) is 0 Å². The number of carbonyl (C=O) groups excluding carboxylic acids is 1. The Bertz CT molecular complexity index is 738. The largest absolute Gasteiger partial charge is 0.465 e. The number of anilines is 3. The molecule has 6 heteroatoms. The van der Waals surface area contributed by atoms with Crippen LogP contribution in [0.5, 0.6) is 0 Å². The van der Waals surface area contributed by atoms with Crippen molar-refractivity contribution in [3.05, 3.63) is 53.3 Å². The molecular weight excluding hydrogens is 273 g/mol. The molecule has 106 valence electrons. The van der Waals surface area contributed by atoms with Gasteiger partial charge in [0.1, 0.15) is 17.4 Å². The van der Waals surface area contributed by atoms with Crippen molar-refractivity contribution in [1.82, 2.24) is 0 Å². The van der Waals surface area contributed by atoms with Crippen LogP contribution in [0.15, 0.2) is 36.4 Å². The molecule has 0 heterocycles. The molecule has 0 unspecified atom stereocenters. The molecule has 0 saturated carbocycles. The van der Waals surface area contributed by atoms with Gasteiger partial charge in [-0.1, -0.05) is 6.07 Å². The van der Waals surface area contributed by atoms with Crippen LogP contribution in [0.25, 0.3) is 0 Å². The summed E-state index contributed by atoms with van der Waals surface area (Å²) in [5, 5.41) is 11.8. The van der Waals surface area contributed by atoms with Crippen molar-refractivity contribution >= 4 is 23.0 Å². The fourth-order valence-electron chi connectivity index (χ4n) is 1.80. The summed E-state index contributed by atoms with van der Waals surface area (Å²) in [6.07, 6.45) is 0. The Kier molecular flexibility index (Phi) is 4.05. The topological polar surface area (TPSA) is 88.1 Å². The molecule has 0 aromatic heterocycles. The SMILES string of the molecule is COC(=O)c1ccc(N)c(Nc2cccc(F)c2C#N)c1. The normalized spacial score (nSPS) is 9.76. The maximum absolute atomic E-state index is 13.5. The monoisotopic (exact) mass is 285 g/mol. The van der Waals surface area contributed by atoms with E-state index in [-0.39, 0.29) is 11.3 Å². The predicted octanol–water partition coefficient (Wildman–Crippen LogP) is 2.81. The molecule has 21 heavy (non-hydrogen) atoms. The molecule has 0 radical (unpaired) electrons.